The van der Waals surface area contributed by atoms with Crippen molar-refractivity contribution in [2.45, 2.75) is 45.6 Å². The van der Waals surface area contributed by atoms with Gasteiger partial charge in [-0.05, 0) is 43.9 Å². The van der Waals surface area contributed by atoms with Crippen molar-refractivity contribution in [2.75, 3.05) is 6.54 Å². The van der Waals surface area contributed by atoms with Gasteiger partial charge < -0.3 is 11.1 Å². The predicted octanol–water partition coefficient (Wildman–Crippen LogP) is 2.17. The molecule has 0 aliphatic heterocycles. The van der Waals surface area contributed by atoms with Crippen molar-refractivity contribution in [2.24, 2.45) is 5.73 Å². The molecule has 1 rings (SSSR count). The largest absolute Gasteiger partial charge is 0.353 e. The van der Waals surface area contributed by atoms with Crippen molar-refractivity contribution in [1.29, 1.82) is 0 Å². The third-order valence-electron chi connectivity index (χ3n) is 3.26. The van der Waals surface area contributed by atoms with Gasteiger partial charge in [0.05, 0.1) is 0 Å². The Morgan fingerprint density at radius 3 is 2.72 bits per heavy atom. The van der Waals surface area contributed by atoms with E-state index in [4.69, 9.17) is 5.73 Å². The Hall–Kier alpha value is -1.35. The molecule has 0 radical (unpaired) electrons. The highest BCUT2D eigenvalue weighted by molar-refractivity contribution is 5.76. The Labute approximate surface area is 110 Å². The van der Waals surface area contributed by atoms with E-state index in [0.29, 0.717) is 13.0 Å². The summed E-state index contributed by atoms with van der Waals surface area (Å²) < 4.78 is 0. The summed E-state index contributed by atoms with van der Waals surface area (Å²) >= 11 is 0. The summed E-state index contributed by atoms with van der Waals surface area (Å²) in [6.07, 6.45) is 3.14. The van der Waals surface area contributed by atoms with E-state index >= 15 is 0 Å². The molecule has 0 fully saturated rings. The first-order chi connectivity index (χ1) is 8.67. The van der Waals surface area contributed by atoms with Gasteiger partial charge in [0.15, 0.2) is 0 Å². The summed E-state index contributed by atoms with van der Waals surface area (Å²) in [5.74, 6) is 0.124. The molecule has 0 bridgehead atoms. The predicted molar refractivity (Wildman–Crippen MR) is 75.4 cm³/mol. The molecule has 1 aromatic carbocycles. The smallest absolute Gasteiger partial charge is 0.220 e. The first-order valence-corrected chi connectivity index (χ1v) is 6.71. The molecule has 18 heavy (non-hydrogen) atoms. The first kappa shape index (κ1) is 14.7. The standard InChI is InChI=1S/C15H24N2O/c1-3-14(10-11-16)17-15(18)9-8-13-7-5-4-6-12(13)2/h4-7,14H,3,8-11,16H2,1-2H3,(H,17,18). The van der Waals surface area contributed by atoms with Gasteiger partial charge in [-0.1, -0.05) is 31.2 Å². The average Bonchev–Trinajstić information content (AvgIpc) is 2.37. The molecule has 1 aromatic rings. The molecule has 0 aromatic heterocycles. The fourth-order valence-corrected chi connectivity index (χ4v) is 2.02. The molecule has 0 aliphatic rings. The van der Waals surface area contributed by atoms with E-state index in [9.17, 15) is 4.79 Å². The minimum absolute atomic E-state index is 0.124. The van der Waals surface area contributed by atoms with Gasteiger partial charge in [-0.15, -0.1) is 0 Å². The van der Waals surface area contributed by atoms with Crippen molar-refractivity contribution >= 4 is 5.91 Å². The average molecular weight is 248 g/mol. The maximum absolute atomic E-state index is 11.8. The van der Waals surface area contributed by atoms with Crippen LogP contribution in [0.25, 0.3) is 0 Å². The van der Waals surface area contributed by atoms with Gasteiger partial charge in [0, 0.05) is 12.5 Å². The maximum Gasteiger partial charge on any atom is 0.220 e. The highest BCUT2D eigenvalue weighted by Gasteiger charge is 2.09. The van der Waals surface area contributed by atoms with E-state index in [0.717, 1.165) is 19.3 Å². The van der Waals surface area contributed by atoms with E-state index in [1.165, 1.54) is 11.1 Å². The number of amides is 1. The molecular formula is C15H24N2O. The topological polar surface area (TPSA) is 55.1 Å². The van der Waals surface area contributed by atoms with Crippen LogP contribution in [0.5, 0.6) is 0 Å². The van der Waals surface area contributed by atoms with Gasteiger partial charge in [0.1, 0.15) is 0 Å². The summed E-state index contributed by atoms with van der Waals surface area (Å²) in [5.41, 5.74) is 8.01. The van der Waals surface area contributed by atoms with Crippen LogP contribution in [0.4, 0.5) is 0 Å². The molecule has 0 saturated carbocycles. The van der Waals surface area contributed by atoms with Crippen molar-refractivity contribution in [3.8, 4) is 0 Å². The molecule has 0 saturated heterocycles. The number of nitrogens with one attached hydrogen (secondary N) is 1. The van der Waals surface area contributed by atoms with Crippen molar-refractivity contribution in [3.63, 3.8) is 0 Å². The molecule has 1 amide bonds. The van der Waals surface area contributed by atoms with Gasteiger partial charge in [-0.2, -0.15) is 0 Å². The lowest BCUT2D eigenvalue weighted by molar-refractivity contribution is -0.121. The molecule has 0 spiro atoms. The summed E-state index contributed by atoms with van der Waals surface area (Å²) in [6.45, 7) is 4.77. The van der Waals surface area contributed by atoms with Gasteiger partial charge in [0.25, 0.3) is 0 Å². The third-order valence-corrected chi connectivity index (χ3v) is 3.26. The summed E-state index contributed by atoms with van der Waals surface area (Å²) in [7, 11) is 0. The summed E-state index contributed by atoms with van der Waals surface area (Å²) in [4.78, 5) is 11.8. The van der Waals surface area contributed by atoms with Crippen molar-refractivity contribution in [3.05, 3.63) is 35.4 Å². The normalized spacial score (nSPS) is 12.2. The Morgan fingerprint density at radius 2 is 2.11 bits per heavy atom. The van der Waals surface area contributed by atoms with E-state index in [1.807, 2.05) is 12.1 Å². The lowest BCUT2D eigenvalue weighted by Crippen LogP contribution is -2.36. The highest BCUT2D eigenvalue weighted by atomic mass is 16.1. The zero-order valence-corrected chi connectivity index (χ0v) is 11.4. The van der Waals surface area contributed by atoms with Crippen molar-refractivity contribution in [1.82, 2.24) is 5.32 Å². The Morgan fingerprint density at radius 1 is 1.39 bits per heavy atom. The van der Waals surface area contributed by atoms with Crippen LogP contribution in [0.15, 0.2) is 24.3 Å². The van der Waals surface area contributed by atoms with Crippen LogP contribution in [-0.4, -0.2) is 18.5 Å². The Bertz CT molecular complexity index is 377. The lowest BCUT2D eigenvalue weighted by Gasteiger charge is -2.16. The van der Waals surface area contributed by atoms with E-state index in [-0.39, 0.29) is 11.9 Å². The molecule has 0 heterocycles. The summed E-state index contributed by atoms with van der Waals surface area (Å²) in [5, 5.41) is 3.04. The Kier molecular flexibility index (Phi) is 6.44. The third kappa shape index (κ3) is 4.88. The quantitative estimate of drug-likeness (QED) is 0.777. The number of rotatable bonds is 7. The van der Waals surface area contributed by atoms with Gasteiger partial charge in [-0.3, -0.25) is 4.79 Å². The van der Waals surface area contributed by atoms with Gasteiger partial charge in [-0.25, -0.2) is 0 Å². The van der Waals surface area contributed by atoms with Crippen LogP contribution in [0.3, 0.4) is 0 Å². The molecule has 3 nitrogen and oxygen atoms in total. The van der Waals surface area contributed by atoms with E-state index in [1.54, 1.807) is 0 Å². The van der Waals surface area contributed by atoms with Crippen LogP contribution < -0.4 is 11.1 Å². The molecule has 3 heteroatoms. The number of carbonyl (C=O) groups is 1. The second kappa shape index (κ2) is 7.88. The first-order valence-electron chi connectivity index (χ1n) is 6.71. The fourth-order valence-electron chi connectivity index (χ4n) is 2.02. The lowest BCUT2D eigenvalue weighted by atomic mass is 10.0. The zero-order chi connectivity index (χ0) is 13.4. The maximum atomic E-state index is 11.8. The van der Waals surface area contributed by atoms with Crippen LogP contribution in [0.1, 0.15) is 37.3 Å². The number of carbonyl (C=O) groups excluding carboxylic acids is 1. The second-order valence-corrected chi connectivity index (χ2v) is 4.68. The molecule has 0 aliphatic carbocycles. The second-order valence-electron chi connectivity index (χ2n) is 4.68. The number of nitrogens with two attached hydrogens (primary N) is 1. The molecule has 1 unspecified atom stereocenters. The number of hydrogen-bond acceptors (Lipinski definition) is 2. The highest BCUT2D eigenvalue weighted by Crippen LogP contribution is 2.09. The monoisotopic (exact) mass is 248 g/mol. The van der Waals surface area contributed by atoms with Crippen LogP contribution in [0.2, 0.25) is 0 Å². The fraction of sp³-hybridized carbons (Fsp3) is 0.533. The van der Waals surface area contributed by atoms with Gasteiger partial charge in [0.2, 0.25) is 5.91 Å². The summed E-state index contributed by atoms with van der Waals surface area (Å²) in [6, 6.07) is 8.42. The van der Waals surface area contributed by atoms with Gasteiger partial charge >= 0.3 is 0 Å². The minimum Gasteiger partial charge on any atom is -0.353 e. The number of aryl methyl sites for hydroxylation is 2. The zero-order valence-electron chi connectivity index (χ0n) is 11.4. The number of benzene rings is 1. The minimum atomic E-state index is 0.124. The molecular weight excluding hydrogens is 224 g/mol. The molecule has 1 atom stereocenters. The molecule has 100 valence electrons. The van der Waals surface area contributed by atoms with Crippen LogP contribution >= 0.6 is 0 Å². The SMILES string of the molecule is CCC(CCN)NC(=O)CCc1ccccc1C. The van der Waals surface area contributed by atoms with Crippen LogP contribution in [0, 0.1) is 6.92 Å². The van der Waals surface area contributed by atoms with Crippen LogP contribution in [-0.2, 0) is 11.2 Å². The van der Waals surface area contributed by atoms with E-state index in [2.05, 4.69) is 31.3 Å². The van der Waals surface area contributed by atoms with E-state index < -0.39 is 0 Å². The Balaban J connectivity index is 2.39. The number of hydrogen-bond donors (Lipinski definition) is 2. The molecule has 3 N–H and O–H groups in total. The van der Waals surface area contributed by atoms with Crippen molar-refractivity contribution < 1.29 is 4.79 Å².